The first-order valence-electron chi connectivity index (χ1n) is 7.84. The molecule has 0 aliphatic carbocycles. The van der Waals surface area contributed by atoms with Crippen molar-refractivity contribution in [3.05, 3.63) is 102 Å². The van der Waals surface area contributed by atoms with Crippen molar-refractivity contribution in [1.82, 2.24) is 0 Å². The van der Waals surface area contributed by atoms with Crippen LogP contribution in [-0.2, 0) is 18.0 Å². The van der Waals surface area contributed by atoms with Crippen LogP contribution >= 0.6 is 0 Å². The standard InChI is InChI=1S/C14H12O3.C7H8O/c15-13-9-5-4-8-12(13)14(16)17-10-11-6-2-1-3-7-11;8-6-7-4-2-1-3-5-7/h1-9,15H,10H2;1-5,8H,6H2. The van der Waals surface area contributed by atoms with Crippen molar-refractivity contribution in [1.29, 1.82) is 0 Å². The molecule has 3 aromatic carbocycles. The monoisotopic (exact) mass is 336 g/mol. The Labute approximate surface area is 147 Å². The molecule has 3 rings (SSSR count). The summed E-state index contributed by atoms with van der Waals surface area (Å²) in [6, 6.07) is 25.2. The summed E-state index contributed by atoms with van der Waals surface area (Å²) in [6.45, 7) is 0.342. The fourth-order valence-corrected chi connectivity index (χ4v) is 2.03. The smallest absolute Gasteiger partial charge is 0.342 e. The van der Waals surface area contributed by atoms with Gasteiger partial charge in [0, 0.05) is 0 Å². The molecule has 0 bridgehead atoms. The number of phenols is 1. The van der Waals surface area contributed by atoms with Gasteiger partial charge in [0.15, 0.2) is 0 Å². The first kappa shape index (κ1) is 18.2. The van der Waals surface area contributed by atoms with Gasteiger partial charge in [-0.1, -0.05) is 72.8 Å². The molecule has 0 amide bonds. The van der Waals surface area contributed by atoms with E-state index in [-0.39, 0.29) is 24.5 Å². The first-order chi connectivity index (χ1) is 12.2. The minimum absolute atomic E-state index is 0.0643. The molecule has 25 heavy (non-hydrogen) atoms. The van der Waals surface area contributed by atoms with Crippen LogP contribution in [0.1, 0.15) is 21.5 Å². The van der Waals surface area contributed by atoms with E-state index in [4.69, 9.17) is 9.84 Å². The number of aliphatic hydroxyl groups is 1. The van der Waals surface area contributed by atoms with Crippen LogP contribution in [0.25, 0.3) is 0 Å². The van der Waals surface area contributed by atoms with E-state index in [1.807, 2.05) is 60.7 Å². The summed E-state index contributed by atoms with van der Waals surface area (Å²) in [5.41, 5.74) is 2.06. The number of carbonyl (C=O) groups is 1. The number of ether oxygens (including phenoxy) is 1. The molecule has 0 atom stereocenters. The van der Waals surface area contributed by atoms with Gasteiger partial charge in [0.1, 0.15) is 17.9 Å². The maximum atomic E-state index is 11.7. The van der Waals surface area contributed by atoms with Crippen LogP contribution in [0, 0.1) is 0 Å². The molecule has 0 radical (unpaired) electrons. The first-order valence-corrected chi connectivity index (χ1v) is 7.84. The molecule has 4 nitrogen and oxygen atoms in total. The summed E-state index contributed by atoms with van der Waals surface area (Å²) in [7, 11) is 0. The van der Waals surface area contributed by atoms with Crippen molar-refractivity contribution in [2.75, 3.05) is 0 Å². The summed E-state index contributed by atoms with van der Waals surface area (Å²) in [5.74, 6) is -0.586. The molecule has 0 fully saturated rings. The van der Waals surface area contributed by atoms with Gasteiger partial charge in [-0.15, -0.1) is 0 Å². The van der Waals surface area contributed by atoms with E-state index in [2.05, 4.69) is 0 Å². The maximum absolute atomic E-state index is 11.7. The van der Waals surface area contributed by atoms with Crippen molar-refractivity contribution in [2.24, 2.45) is 0 Å². The summed E-state index contributed by atoms with van der Waals surface area (Å²) in [6.07, 6.45) is 0. The number of phenolic OH excluding ortho intramolecular Hbond substituents is 1. The Morgan fingerprint density at radius 3 is 1.80 bits per heavy atom. The second-order valence-electron chi connectivity index (χ2n) is 5.22. The van der Waals surface area contributed by atoms with Gasteiger partial charge >= 0.3 is 5.97 Å². The second kappa shape index (κ2) is 9.90. The zero-order chi connectivity index (χ0) is 17.9. The van der Waals surface area contributed by atoms with Crippen molar-refractivity contribution >= 4 is 5.97 Å². The van der Waals surface area contributed by atoms with Gasteiger partial charge < -0.3 is 14.9 Å². The third-order valence-corrected chi connectivity index (χ3v) is 3.36. The predicted octanol–water partition coefficient (Wildman–Crippen LogP) is 3.93. The highest BCUT2D eigenvalue weighted by atomic mass is 16.5. The maximum Gasteiger partial charge on any atom is 0.342 e. The van der Waals surface area contributed by atoms with Gasteiger partial charge in [0.05, 0.1) is 6.61 Å². The molecule has 0 spiro atoms. The molecule has 0 saturated carbocycles. The average Bonchev–Trinajstić information content (AvgIpc) is 2.68. The highest BCUT2D eigenvalue weighted by molar-refractivity contribution is 5.92. The Morgan fingerprint density at radius 1 is 0.760 bits per heavy atom. The van der Waals surface area contributed by atoms with Gasteiger partial charge in [-0.3, -0.25) is 0 Å². The molecule has 128 valence electrons. The zero-order valence-corrected chi connectivity index (χ0v) is 13.7. The van der Waals surface area contributed by atoms with E-state index in [9.17, 15) is 9.90 Å². The van der Waals surface area contributed by atoms with Crippen molar-refractivity contribution in [3.8, 4) is 5.75 Å². The normalized spacial score (nSPS) is 9.64. The number of aliphatic hydroxyl groups excluding tert-OH is 1. The number of aromatic hydroxyl groups is 1. The Kier molecular flexibility index (Phi) is 7.22. The van der Waals surface area contributed by atoms with Crippen LogP contribution < -0.4 is 0 Å². The SMILES string of the molecule is O=C(OCc1ccccc1)c1ccccc1O.OCc1ccccc1. The Balaban J connectivity index is 0.000000236. The van der Waals surface area contributed by atoms with Gasteiger partial charge in [0.2, 0.25) is 0 Å². The van der Waals surface area contributed by atoms with Gasteiger partial charge in [-0.05, 0) is 23.3 Å². The van der Waals surface area contributed by atoms with Crippen molar-refractivity contribution < 1.29 is 19.7 Å². The quantitative estimate of drug-likeness (QED) is 0.709. The molecule has 0 aliphatic rings. The number of rotatable bonds is 4. The van der Waals surface area contributed by atoms with Gasteiger partial charge in [-0.25, -0.2) is 4.79 Å². The fraction of sp³-hybridized carbons (Fsp3) is 0.0952. The summed E-state index contributed by atoms with van der Waals surface area (Å²) in [5, 5.41) is 18.0. The summed E-state index contributed by atoms with van der Waals surface area (Å²) < 4.78 is 5.10. The molecular formula is C21H20O4. The minimum atomic E-state index is -0.521. The van der Waals surface area contributed by atoms with Crippen LogP contribution in [-0.4, -0.2) is 16.2 Å². The lowest BCUT2D eigenvalue weighted by molar-refractivity contribution is 0.0469. The Hall–Kier alpha value is -3.11. The van der Waals surface area contributed by atoms with E-state index >= 15 is 0 Å². The van der Waals surface area contributed by atoms with E-state index in [1.165, 1.54) is 12.1 Å². The molecule has 0 aliphatic heterocycles. The average molecular weight is 336 g/mol. The number of para-hydroxylation sites is 1. The van der Waals surface area contributed by atoms with E-state index in [0.29, 0.717) is 0 Å². The zero-order valence-electron chi connectivity index (χ0n) is 13.7. The highest BCUT2D eigenvalue weighted by Crippen LogP contribution is 2.17. The van der Waals surface area contributed by atoms with Gasteiger partial charge in [0.25, 0.3) is 0 Å². The molecule has 0 aromatic heterocycles. The topological polar surface area (TPSA) is 66.8 Å². The lowest BCUT2D eigenvalue weighted by Gasteiger charge is -2.05. The number of esters is 1. The minimum Gasteiger partial charge on any atom is -0.507 e. The van der Waals surface area contributed by atoms with Crippen LogP contribution in [0.4, 0.5) is 0 Å². The van der Waals surface area contributed by atoms with Crippen LogP contribution in [0.3, 0.4) is 0 Å². The fourth-order valence-electron chi connectivity index (χ4n) is 2.03. The van der Waals surface area contributed by atoms with Crippen molar-refractivity contribution in [3.63, 3.8) is 0 Å². The molecule has 2 N–H and O–H groups in total. The van der Waals surface area contributed by atoms with E-state index < -0.39 is 5.97 Å². The largest absolute Gasteiger partial charge is 0.507 e. The predicted molar refractivity (Wildman–Crippen MR) is 96.0 cm³/mol. The third kappa shape index (κ3) is 6.12. The van der Waals surface area contributed by atoms with Gasteiger partial charge in [-0.2, -0.15) is 0 Å². The molecular weight excluding hydrogens is 316 g/mol. The number of hydrogen-bond acceptors (Lipinski definition) is 4. The number of carbonyl (C=O) groups excluding carboxylic acids is 1. The van der Waals surface area contributed by atoms with Crippen LogP contribution in [0.5, 0.6) is 5.75 Å². The molecule has 0 heterocycles. The molecule has 0 saturated heterocycles. The van der Waals surface area contributed by atoms with E-state index in [1.54, 1.807) is 12.1 Å². The molecule has 3 aromatic rings. The highest BCUT2D eigenvalue weighted by Gasteiger charge is 2.11. The van der Waals surface area contributed by atoms with E-state index in [0.717, 1.165) is 11.1 Å². The summed E-state index contributed by atoms with van der Waals surface area (Å²) in [4.78, 5) is 11.7. The lowest BCUT2D eigenvalue weighted by atomic mass is 10.2. The van der Waals surface area contributed by atoms with Crippen molar-refractivity contribution in [2.45, 2.75) is 13.2 Å². The molecule has 4 heteroatoms. The number of hydrogen-bond donors (Lipinski definition) is 2. The Bertz CT molecular complexity index is 770. The second-order valence-corrected chi connectivity index (χ2v) is 5.22. The molecule has 0 unspecified atom stereocenters. The van der Waals surface area contributed by atoms with Crippen LogP contribution in [0.2, 0.25) is 0 Å². The van der Waals surface area contributed by atoms with Crippen LogP contribution in [0.15, 0.2) is 84.9 Å². The Morgan fingerprint density at radius 2 is 1.28 bits per heavy atom. The lowest BCUT2D eigenvalue weighted by Crippen LogP contribution is -2.05. The number of benzene rings is 3. The third-order valence-electron chi connectivity index (χ3n) is 3.36. The summed E-state index contributed by atoms with van der Waals surface area (Å²) >= 11 is 0.